The molecule has 0 unspecified atom stereocenters. The first kappa shape index (κ1) is 10.0. The summed E-state index contributed by atoms with van der Waals surface area (Å²) in [6, 6.07) is -0.206. The van der Waals surface area contributed by atoms with Crippen LogP contribution in [0.25, 0.3) is 0 Å². The van der Waals surface area contributed by atoms with Crippen molar-refractivity contribution in [2.45, 2.75) is 6.42 Å². The van der Waals surface area contributed by atoms with Crippen LogP contribution in [0.2, 0.25) is 0 Å². The highest BCUT2D eigenvalue weighted by atomic mass is 35.5. The number of ether oxygens (including phenoxy) is 1. The van der Waals surface area contributed by atoms with Crippen LogP contribution in [0.4, 0.5) is 4.79 Å². The summed E-state index contributed by atoms with van der Waals surface area (Å²) in [5.74, 6) is -0.476. The Morgan fingerprint density at radius 1 is 1.55 bits per heavy atom. The minimum Gasteiger partial charge on any atom is -0.433 e. The number of nitrogens with two attached hydrogens (primary N) is 1. The van der Waals surface area contributed by atoms with Crippen LogP contribution in [-0.4, -0.2) is 24.6 Å². The van der Waals surface area contributed by atoms with Crippen LogP contribution in [-0.2, 0) is 9.53 Å². The molecule has 0 aromatic carbocycles. The highest BCUT2D eigenvalue weighted by molar-refractivity contribution is 6.17. The third-order valence-electron chi connectivity index (χ3n) is 0.826. The van der Waals surface area contributed by atoms with Crippen molar-refractivity contribution in [1.82, 2.24) is 5.32 Å². The van der Waals surface area contributed by atoms with Gasteiger partial charge in [0.25, 0.3) is 0 Å². The molecule has 0 radical (unpaired) electrons. The van der Waals surface area contributed by atoms with Gasteiger partial charge in [0.15, 0.2) is 6.07 Å². The Balaban J connectivity index is 3.24. The van der Waals surface area contributed by atoms with E-state index < -0.39 is 12.0 Å². The maximum absolute atomic E-state index is 10.5. The molecule has 2 amide bonds. The number of primary amides is 1. The van der Waals surface area contributed by atoms with Gasteiger partial charge in [-0.15, -0.1) is 0 Å². The monoisotopic (exact) mass is 180 g/mol. The predicted octanol–water partition coefficient (Wildman–Crippen LogP) is -0.216. The van der Waals surface area contributed by atoms with E-state index in [0.717, 1.165) is 0 Å². The molecule has 0 atom stereocenters. The lowest BCUT2D eigenvalue weighted by Gasteiger charge is -2.01. The van der Waals surface area contributed by atoms with Crippen LogP contribution in [0.5, 0.6) is 0 Å². The highest BCUT2D eigenvalue weighted by Crippen LogP contribution is 1.81. The molecule has 64 valence electrons. The second-order valence-corrected chi connectivity index (χ2v) is 1.90. The van der Waals surface area contributed by atoms with Gasteiger partial charge in [-0.1, -0.05) is 11.6 Å². The van der Waals surface area contributed by atoms with E-state index in [2.05, 4.69) is 10.1 Å². The minimum absolute atomic E-state index is 0.0946. The maximum atomic E-state index is 10.5. The molecular weight excluding hydrogens is 172 g/mol. The molecule has 5 nitrogen and oxygen atoms in total. The zero-order valence-electron chi connectivity index (χ0n) is 5.80. The SMILES string of the molecule is NC(=O)CCNC(=O)OCCl. The first-order valence-corrected chi connectivity index (χ1v) is 3.45. The summed E-state index contributed by atoms with van der Waals surface area (Å²) in [7, 11) is 0. The van der Waals surface area contributed by atoms with Crippen LogP contribution in [0, 0.1) is 0 Å². The van der Waals surface area contributed by atoms with Crippen molar-refractivity contribution >= 4 is 23.6 Å². The van der Waals surface area contributed by atoms with E-state index in [-0.39, 0.29) is 19.0 Å². The number of halogens is 1. The number of rotatable bonds is 4. The normalized spacial score (nSPS) is 8.82. The molecule has 11 heavy (non-hydrogen) atoms. The first-order chi connectivity index (χ1) is 5.16. The van der Waals surface area contributed by atoms with Crippen molar-refractivity contribution in [2.75, 3.05) is 12.6 Å². The van der Waals surface area contributed by atoms with E-state index in [1.54, 1.807) is 0 Å². The van der Waals surface area contributed by atoms with Crippen molar-refractivity contribution in [3.05, 3.63) is 0 Å². The van der Waals surface area contributed by atoms with Gasteiger partial charge in [-0.05, 0) is 0 Å². The van der Waals surface area contributed by atoms with E-state index in [9.17, 15) is 9.59 Å². The summed E-state index contributed by atoms with van der Waals surface area (Å²) in [6.45, 7) is 0.172. The Morgan fingerprint density at radius 2 is 2.18 bits per heavy atom. The molecule has 0 rings (SSSR count). The van der Waals surface area contributed by atoms with Gasteiger partial charge in [0, 0.05) is 13.0 Å². The zero-order chi connectivity index (χ0) is 8.69. The lowest BCUT2D eigenvalue weighted by molar-refractivity contribution is -0.117. The van der Waals surface area contributed by atoms with Gasteiger partial charge >= 0.3 is 6.09 Å². The fourth-order valence-corrected chi connectivity index (χ4v) is 0.487. The molecular formula is C5H9ClN2O3. The van der Waals surface area contributed by atoms with Gasteiger partial charge in [-0.3, -0.25) is 4.79 Å². The second kappa shape index (κ2) is 5.79. The van der Waals surface area contributed by atoms with Gasteiger partial charge in [-0.2, -0.15) is 0 Å². The van der Waals surface area contributed by atoms with Crippen LogP contribution >= 0.6 is 11.6 Å². The van der Waals surface area contributed by atoms with Crippen LogP contribution < -0.4 is 11.1 Å². The number of carbonyl (C=O) groups excluding carboxylic acids is 2. The predicted molar refractivity (Wildman–Crippen MR) is 39.0 cm³/mol. The van der Waals surface area contributed by atoms with Crippen LogP contribution in [0.3, 0.4) is 0 Å². The topological polar surface area (TPSA) is 81.4 Å². The molecule has 0 aromatic rings. The molecule has 0 aliphatic carbocycles. The van der Waals surface area contributed by atoms with Crippen molar-refractivity contribution < 1.29 is 14.3 Å². The molecule has 0 fully saturated rings. The lowest BCUT2D eigenvalue weighted by atomic mass is 10.4. The van der Waals surface area contributed by atoms with E-state index in [1.165, 1.54) is 0 Å². The van der Waals surface area contributed by atoms with E-state index in [4.69, 9.17) is 17.3 Å². The van der Waals surface area contributed by atoms with Crippen molar-refractivity contribution in [2.24, 2.45) is 5.73 Å². The highest BCUT2D eigenvalue weighted by Gasteiger charge is 1.99. The van der Waals surface area contributed by atoms with Crippen molar-refractivity contribution in [3.8, 4) is 0 Å². The lowest BCUT2D eigenvalue weighted by Crippen LogP contribution is -2.28. The van der Waals surface area contributed by atoms with Crippen LogP contribution in [0.1, 0.15) is 6.42 Å². The number of alkyl halides is 1. The summed E-state index contributed by atoms with van der Waals surface area (Å²) in [6.07, 6.45) is -0.557. The molecule has 3 N–H and O–H groups in total. The van der Waals surface area contributed by atoms with Crippen LogP contribution in [0.15, 0.2) is 0 Å². The van der Waals surface area contributed by atoms with Gasteiger partial charge in [0.05, 0.1) is 0 Å². The second-order valence-electron chi connectivity index (χ2n) is 1.68. The maximum Gasteiger partial charge on any atom is 0.408 e. The van der Waals surface area contributed by atoms with E-state index in [1.807, 2.05) is 0 Å². The fourth-order valence-electron chi connectivity index (χ4n) is 0.388. The van der Waals surface area contributed by atoms with Gasteiger partial charge in [-0.25, -0.2) is 4.79 Å². The first-order valence-electron chi connectivity index (χ1n) is 2.91. The summed E-state index contributed by atoms with van der Waals surface area (Å²) in [5.41, 5.74) is 4.80. The molecule has 0 spiro atoms. The average Bonchev–Trinajstić information content (AvgIpc) is 1.87. The number of nitrogens with one attached hydrogen (secondary N) is 1. The van der Waals surface area contributed by atoms with Crippen molar-refractivity contribution in [1.29, 1.82) is 0 Å². The van der Waals surface area contributed by atoms with E-state index >= 15 is 0 Å². The molecule has 0 saturated carbocycles. The smallest absolute Gasteiger partial charge is 0.408 e. The van der Waals surface area contributed by atoms with Crippen molar-refractivity contribution in [3.63, 3.8) is 0 Å². The number of alkyl carbamates (subject to hydrolysis) is 1. The molecule has 0 bridgehead atoms. The number of hydrogen-bond donors (Lipinski definition) is 2. The molecule has 0 aliphatic heterocycles. The Hall–Kier alpha value is -0.970. The summed E-state index contributed by atoms with van der Waals surface area (Å²) in [4.78, 5) is 20.6. The van der Waals surface area contributed by atoms with Gasteiger partial charge in [0.1, 0.15) is 0 Å². The molecule has 0 aliphatic rings. The van der Waals surface area contributed by atoms with Gasteiger partial charge < -0.3 is 15.8 Å². The largest absolute Gasteiger partial charge is 0.433 e. The number of carbonyl (C=O) groups is 2. The third kappa shape index (κ3) is 6.92. The Bertz CT molecular complexity index is 151. The summed E-state index contributed by atoms with van der Waals surface area (Å²) < 4.78 is 4.29. The third-order valence-corrected chi connectivity index (χ3v) is 0.935. The zero-order valence-corrected chi connectivity index (χ0v) is 6.56. The molecule has 0 aromatic heterocycles. The average molecular weight is 181 g/mol. The standard InChI is InChI=1S/C5H9ClN2O3/c6-3-11-5(10)8-2-1-4(7)9/h1-3H2,(H2,7,9)(H,8,10). The number of hydrogen-bond acceptors (Lipinski definition) is 3. The molecule has 0 saturated heterocycles. The molecule has 0 heterocycles. The number of amides is 2. The van der Waals surface area contributed by atoms with Gasteiger partial charge in [0.2, 0.25) is 5.91 Å². The molecule has 6 heteroatoms. The summed E-state index contributed by atoms with van der Waals surface area (Å²) >= 11 is 5.06. The Kier molecular flexibility index (Phi) is 5.28. The Morgan fingerprint density at radius 3 is 2.64 bits per heavy atom. The fraction of sp³-hybridized carbons (Fsp3) is 0.600. The minimum atomic E-state index is -0.652. The van der Waals surface area contributed by atoms with E-state index in [0.29, 0.717) is 0 Å². The summed E-state index contributed by atoms with van der Waals surface area (Å²) in [5, 5.41) is 2.27. The Labute approximate surface area is 68.8 Å². The quantitative estimate of drug-likeness (QED) is 0.587.